The summed E-state index contributed by atoms with van der Waals surface area (Å²) in [5.41, 5.74) is 7.42. The molecule has 3 aromatic carbocycles. The molecule has 0 bridgehead atoms. The molecule has 3 rings (SSSR count). The third kappa shape index (κ3) is 3.46. The summed E-state index contributed by atoms with van der Waals surface area (Å²) < 4.78 is 0. The fourth-order valence-electron chi connectivity index (χ4n) is 4.35. The van der Waals surface area contributed by atoms with Gasteiger partial charge in [0.05, 0.1) is 0 Å². The minimum atomic E-state index is -0.293. The summed E-state index contributed by atoms with van der Waals surface area (Å²) in [6, 6.07) is 21.4. The lowest BCUT2D eigenvalue weighted by atomic mass is 9.71. The van der Waals surface area contributed by atoms with Crippen LogP contribution in [-0.4, -0.2) is 5.11 Å². The van der Waals surface area contributed by atoms with Crippen LogP contribution in [0.25, 0.3) is 0 Å². The van der Waals surface area contributed by atoms with Gasteiger partial charge < -0.3 is 5.11 Å². The minimum absolute atomic E-state index is 0.290. The molecule has 0 aliphatic rings. The summed E-state index contributed by atoms with van der Waals surface area (Å²) >= 11 is 0. The Morgan fingerprint density at radius 1 is 0.643 bits per heavy atom. The minimum Gasteiger partial charge on any atom is -0.507 e. The smallest absolute Gasteiger partial charge is 0.123 e. The van der Waals surface area contributed by atoms with E-state index in [0.717, 1.165) is 16.7 Å². The molecule has 0 saturated heterocycles. The molecule has 146 valence electrons. The van der Waals surface area contributed by atoms with Crippen molar-refractivity contribution in [2.75, 3.05) is 0 Å². The zero-order valence-electron chi connectivity index (χ0n) is 18.2. The Morgan fingerprint density at radius 3 is 1.64 bits per heavy atom. The summed E-state index contributed by atoms with van der Waals surface area (Å²) in [6.07, 6.45) is 0. The van der Waals surface area contributed by atoms with E-state index < -0.39 is 0 Å². The zero-order chi connectivity index (χ0) is 20.7. The summed E-state index contributed by atoms with van der Waals surface area (Å²) in [7, 11) is 0. The Labute approximate surface area is 170 Å². The average molecular weight is 373 g/mol. The van der Waals surface area contributed by atoms with E-state index in [-0.39, 0.29) is 10.8 Å². The second-order valence-electron chi connectivity index (χ2n) is 9.14. The SMILES string of the molecule is Cc1cccc(C(C)(C)c2ccc(C)c(C(C)(C)c3cccc(C)c3)c2O)c1. The Morgan fingerprint density at radius 2 is 1.14 bits per heavy atom. The quantitative estimate of drug-likeness (QED) is 0.524. The number of phenolic OH excluding ortho intramolecular Hbond substituents is 1. The van der Waals surface area contributed by atoms with E-state index in [4.69, 9.17) is 0 Å². The molecule has 0 radical (unpaired) electrons. The zero-order valence-corrected chi connectivity index (χ0v) is 18.2. The van der Waals surface area contributed by atoms with Gasteiger partial charge in [0, 0.05) is 22.0 Å². The fraction of sp³-hybridized carbons (Fsp3) is 0.333. The fourth-order valence-corrected chi connectivity index (χ4v) is 4.35. The second-order valence-corrected chi connectivity index (χ2v) is 9.14. The standard InChI is InChI=1S/C27H32O/c1-18-10-8-12-21(16-18)26(4,5)23-15-14-20(3)24(25(23)28)27(6,7)22-13-9-11-19(2)17-22/h8-17,28H,1-7H3. The molecule has 28 heavy (non-hydrogen) atoms. The highest BCUT2D eigenvalue weighted by Gasteiger charge is 2.33. The van der Waals surface area contributed by atoms with Gasteiger partial charge >= 0.3 is 0 Å². The lowest BCUT2D eigenvalue weighted by Gasteiger charge is -2.34. The van der Waals surface area contributed by atoms with Crippen LogP contribution in [0.5, 0.6) is 5.75 Å². The van der Waals surface area contributed by atoms with Crippen LogP contribution < -0.4 is 0 Å². The van der Waals surface area contributed by atoms with Gasteiger partial charge in [-0.2, -0.15) is 0 Å². The molecule has 1 heteroatoms. The Hall–Kier alpha value is -2.54. The van der Waals surface area contributed by atoms with E-state index >= 15 is 0 Å². The third-order valence-corrected chi connectivity index (χ3v) is 6.16. The molecule has 0 aliphatic heterocycles. The Balaban J connectivity index is 2.20. The van der Waals surface area contributed by atoms with E-state index in [1.54, 1.807) is 0 Å². The molecule has 0 spiro atoms. The van der Waals surface area contributed by atoms with Crippen molar-refractivity contribution in [2.24, 2.45) is 0 Å². The van der Waals surface area contributed by atoms with Crippen LogP contribution in [0.15, 0.2) is 60.7 Å². The molecular formula is C27H32O. The van der Waals surface area contributed by atoms with Crippen LogP contribution >= 0.6 is 0 Å². The van der Waals surface area contributed by atoms with E-state index in [1.165, 1.54) is 22.3 Å². The Kier molecular flexibility index (Phi) is 5.14. The van der Waals surface area contributed by atoms with Crippen molar-refractivity contribution in [3.05, 3.63) is 99.6 Å². The van der Waals surface area contributed by atoms with Crippen molar-refractivity contribution in [2.45, 2.75) is 59.3 Å². The van der Waals surface area contributed by atoms with Gasteiger partial charge in [-0.15, -0.1) is 0 Å². The number of benzene rings is 3. The van der Waals surface area contributed by atoms with Crippen LogP contribution in [-0.2, 0) is 10.8 Å². The molecule has 0 heterocycles. The number of hydrogen-bond acceptors (Lipinski definition) is 1. The van der Waals surface area contributed by atoms with Crippen molar-refractivity contribution in [3.8, 4) is 5.75 Å². The molecule has 1 nitrogen and oxygen atoms in total. The first-order chi connectivity index (χ1) is 13.0. The summed E-state index contributed by atoms with van der Waals surface area (Å²) in [4.78, 5) is 0. The lowest BCUT2D eigenvalue weighted by molar-refractivity contribution is 0.432. The van der Waals surface area contributed by atoms with Gasteiger partial charge in [-0.05, 0) is 37.5 Å². The molecule has 0 unspecified atom stereocenters. The number of hydrogen-bond donors (Lipinski definition) is 1. The van der Waals surface area contributed by atoms with Gasteiger partial charge in [0.2, 0.25) is 0 Å². The summed E-state index contributed by atoms with van der Waals surface area (Å²) in [5, 5.41) is 11.5. The number of aromatic hydroxyl groups is 1. The molecule has 0 saturated carbocycles. The van der Waals surface area contributed by atoms with Gasteiger partial charge in [-0.25, -0.2) is 0 Å². The molecule has 0 atom stereocenters. The predicted molar refractivity (Wildman–Crippen MR) is 119 cm³/mol. The van der Waals surface area contributed by atoms with Gasteiger partial charge in [0.15, 0.2) is 0 Å². The van der Waals surface area contributed by atoms with E-state index in [0.29, 0.717) is 5.75 Å². The van der Waals surface area contributed by atoms with Gasteiger partial charge in [-0.3, -0.25) is 0 Å². The van der Waals surface area contributed by atoms with Crippen LogP contribution in [0.4, 0.5) is 0 Å². The normalized spacial score (nSPS) is 12.2. The predicted octanol–water partition coefficient (Wildman–Crippen LogP) is 6.97. The van der Waals surface area contributed by atoms with Crippen LogP contribution in [0.1, 0.15) is 66.6 Å². The van der Waals surface area contributed by atoms with Crippen LogP contribution in [0, 0.1) is 20.8 Å². The van der Waals surface area contributed by atoms with Crippen molar-refractivity contribution < 1.29 is 5.11 Å². The number of rotatable bonds is 4. The molecule has 0 aromatic heterocycles. The number of phenols is 1. The van der Waals surface area contributed by atoms with E-state index in [9.17, 15) is 5.11 Å². The molecule has 3 aromatic rings. The third-order valence-electron chi connectivity index (χ3n) is 6.16. The maximum atomic E-state index is 11.5. The molecule has 0 amide bonds. The highest BCUT2D eigenvalue weighted by Crippen LogP contribution is 2.45. The van der Waals surface area contributed by atoms with Crippen molar-refractivity contribution in [1.29, 1.82) is 0 Å². The highest BCUT2D eigenvalue weighted by atomic mass is 16.3. The van der Waals surface area contributed by atoms with E-state index in [2.05, 4.69) is 109 Å². The monoisotopic (exact) mass is 372 g/mol. The first kappa shape index (κ1) is 20.2. The van der Waals surface area contributed by atoms with Crippen molar-refractivity contribution >= 4 is 0 Å². The highest BCUT2D eigenvalue weighted by molar-refractivity contribution is 5.57. The maximum Gasteiger partial charge on any atom is 0.123 e. The van der Waals surface area contributed by atoms with Gasteiger partial charge in [0.1, 0.15) is 5.75 Å². The maximum absolute atomic E-state index is 11.5. The first-order valence-corrected chi connectivity index (χ1v) is 10.0. The van der Waals surface area contributed by atoms with Gasteiger partial charge in [-0.1, -0.05) is 99.5 Å². The topological polar surface area (TPSA) is 20.2 Å². The van der Waals surface area contributed by atoms with Crippen molar-refractivity contribution in [3.63, 3.8) is 0 Å². The Bertz CT molecular complexity index is 1010. The van der Waals surface area contributed by atoms with Crippen LogP contribution in [0.3, 0.4) is 0 Å². The lowest BCUT2D eigenvalue weighted by Crippen LogP contribution is -2.24. The summed E-state index contributed by atoms with van der Waals surface area (Å²) in [6.45, 7) is 15.1. The largest absolute Gasteiger partial charge is 0.507 e. The number of aryl methyl sites for hydroxylation is 3. The molecule has 1 N–H and O–H groups in total. The summed E-state index contributed by atoms with van der Waals surface area (Å²) in [5.74, 6) is 0.415. The second kappa shape index (κ2) is 7.13. The van der Waals surface area contributed by atoms with E-state index in [1.807, 2.05) is 0 Å². The van der Waals surface area contributed by atoms with Crippen LogP contribution in [0.2, 0.25) is 0 Å². The average Bonchev–Trinajstić information content (AvgIpc) is 2.61. The van der Waals surface area contributed by atoms with Gasteiger partial charge in [0.25, 0.3) is 0 Å². The van der Waals surface area contributed by atoms with Crippen molar-refractivity contribution in [1.82, 2.24) is 0 Å². The molecule has 0 aliphatic carbocycles. The molecular weight excluding hydrogens is 340 g/mol. The molecule has 0 fully saturated rings. The first-order valence-electron chi connectivity index (χ1n) is 10.0.